The molecule has 3 nitrogen and oxygen atoms in total. The van der Waals surface area contributed by atoms with Crippen molar-refractivity contribution in [2.24, 2.45) is 5.73 Å². The molecule has 1 aliphatic heterocycles. The summed E-state index contributed by atoms with van der Waals surface area (Å²) >= 11 is 3.52. The van der Waals surface area contributed by atoms with E-state index in [0.717, 1.165) is 24.2 Å². The van der Waals surface area contributed by atoms with Gasteiger partial charge in [0.2, 0.25) is 0 Å². The maximum absolute atomic E-state index is 5.64. The Bertz CT molecular complexity index is 370. The van der Waals surface area contributed by atoms with Gasteiger partial charge in [-0.2, -0.15) is 0 Å². The summed E-state index contributed by atoms with van der Waals surface area (Å²) in [5.41, 5.74) is 8.15. The molecular formula is C12H17BrN2O. The molecule has 0 aromatic heterocycles. The highest BCUT2D eigenvalue weighted by atomic mass is 79.9. The average molecular weight is 285 g/mol. The minimum Gasteiger partial charge on any atom is -0.373 e. The number of hydrogen-bond donors (Lipinski definition) is 1. The van der Waals surface area contributed by atoms with Crippen molar-refractivity contribution in [2.75, 3.05) is 31.1 Å². The fraction of sp³-hybridized carbons (Fsp3) is 0.500. The third kappa shape index (κ3) is 2.56. The summed E-state index contributed by atoms with van der Waals surface area (Å²) in [6.07, 6.45) is 0.165. The van der Waals surface area contributed by atoms with E-state index in [1.54, 1.807) is 0 Å². The molecule has 1 heterocycles. The highest BCUT2D eigenvalue weighted by Gasteiger charge is 2.19. The molecule has 1 atom stereocenters. The van der Waals surface area contributed by atoms with Gasteiger partial charge in [-0.1, -0.05) is 15.9 Å². The molecular weight excluding hydrogens is 268 g/mol. The zero-order valence-electron chi connectivity index (χ0n) is 9.45. The lowest BCUT2D eigenvalue weighted by Gasteiger charge is -2.34. The third-order valence-electron chi connectivity index (χ3n) is 2.91. The van der Waals surface area contributed by atoms with Crippen LogP contribution in [0.25, 0.3) is 0 Å². The van der Waals surface area contributed by atoms with Crippen LogP contribution in [0.15, 0.2) is 22.7 Å². The Morgan fingerprint density at radius 1 is 1.56 bits per heavy atom. The summed E-state index contributed by atoms with van der Waals surface area (Å²) in [6, 6.07) is 6.43. The second-order valence-electron chi connectivity index (χ2n) is 4.11. The van der Waals surface area contributed by atoms with Crippen molar-refractivity contribution in [3.05, 3.63) is 28.2 Å². The van der Waals surface area contributed by atoms with E-state index >= 15 is 0 Å². The molecule has 2 N–H and O–H groups in total. The Kier molecular flexibility index (Phi) is 3.84. The number of ether oxygens (including phenoxy) is 1. The van der Waals surface area contributed by atoms with Gasteiger partial charge in [0, 0.05) is 29.8 Å². The number of nitrogens with two attached hydrogens (primary N) is 1. The first kappa shape index (κ1) is 11.9. The molecule has 16 heavy (non-hydrogen) atoms. The van der Waals surface area contributed by atoms with Gasteiger partial charge in [-0.05, 0) is 30.7 Å². The lowest BCUT2D eigenvalue weighted by atomic mass is 10.2. The topological polar surface area (TPSA) is 38.5 Å². The Balaban J connectivity index is 2.13. The molecule has 0 radical (unpaired) electrons. The van der Waals surface area contributed by atoms with Crippen LogP contribution in [-0.4, -0.2) is 32.3 Å². The van der Waals surface area contributed by atoms with Crippen LogP contribution in [0.5, 0.6) is 0 Å². The van der Waals surface area contributed by atoms with Crippen LogP contribution in [0.4, 0.5) is 5.69 Å². The molecule has 1 unspecified atom stereocenters. The highest BCUT2D eigenvalue weighted by Crippen LogP contribution is 2.24. The van der Waals surface area contributed by atoms with Crippen molar-refractivity contribution in [3.8, 4) is 0 Å². The number of benzene rings is 1. The van der Waals surface area contributed by atoms with Gasteiger partial charge in [-0.15, -0.1) is 0 Å². The van der Waals surface area contributed by atoms with E-state index < -0.39 is 0 Å². The third-order valence-corrected chi connectivity index (χ3v) is 3.80. The molecule has 0 saturated carbocycles. The Morgan fingerprint density at radius 3 is 3.06 bits per heavy atom. The second kappa shape index (κ2) is 5.17. The van der Waals surface area contributed by atoms with Crippen molar-refractivity contribution in [1.29, 1.82) is 0 Å². The average Bonchev–Trinajstić information content (AvgIpc) is 2.33. The van der Waals surface area contributed by atoms with Crippen LogP contribution in [0.2, 0.25) is 0 Å². The zero-order chi connectivity index (χ0) is 11.5. The number of nitrogens with zero attached hydrogens (tertiary/aromatic N) is 1. The number of anilines is 1. The standard InChI is InChI=1S/C12H17BrN2O/c1-9-6-10(2-3-12(9)13)15-4-5-16-11(7-14)8-15/h2-3,6,11H,4-5,7-8,14H2,1H3. The summed E-state index contributed by atoms with van der Waals surface area (Å²) < 4.78 is 6.71. The fourth-order valence-corrected chi connectivity index (χ4v) is 2.17. The van der Waals surface area contributed by atoms with Crippen molar-refractivity contribution >= 4 is 21.6 Å². The Hall–Kier alpha value is -0.580. The van der Waals surface area contributed by atoms with Gasteiger partial charge in [-0.3, -0.25) is 0 Å². The molecule has 0 aliphatic carbocycles. The van der Waals surface area contributed by atoms with Crippen LogP contribution < -0.4 is 10.6 Å². The van der Waals surface area contributed by atoms with Gasteiger partial charge in [0.05, 0.1) is 12.7 Å². The number of hydrogen-bond acceptors (Lipinski definition) is 3. The monoisotopic (exact) mass is 284 g/mol. The molecule has 0 spiro atoms. The normalized spacial score (nSPS) is 21.2. The lowest BCUT2D eigenvalue weighted by molar-refractivity contribution is 0.0466. The smallest absolute Gasteiger partial charge is 0.0872 e. The van der Waals surface area contributed by atoms with E-state index in [1.807, 2.05) is 0 Å². The van der Waals surface area contributed by atoms with Crippen LogP contribution in [0.3, 0.4) is 0 Å². The molecule has 88 valence electrons. The minimum absolute atomic E-state index is 0.165. The van der Waals surface area contributed by atoms with Crippen LogP contribution in [-0.2, 0) is 4.74 Å². The van der Waals surface area contributed by atoms with Crippen molar-refractivity contribution in [1.82, 2.24) is 0 Å². The quantitative estimate of drug-likeness (QED) is 0.902. The van der Waals surface area contributed by atoms with Crippen LogP contribution in [0, 0.1) is 6.92 Å². The Morgan fingerprint density at radius 2 is 2.38 bits per heavy atom. The molecule has 1 fully saturated rings. The van der Waals surface area contributed by atoms with E-state index in [1.165, 1.54) is 11.3 Å². The molecule has 2 rings (SSSR count). The lowest BCUT2D eigenvalue weighted by Crippen LogP contribution is -2.45. The molecule has 0 bridgehead atoms. The number of morpholine rings is 1. The molecule has 1 aromatic rings. The van der Waals surface area contributed by atoms with Gasteiger partial charge in [0.1, 0.15) is 0 Å². The highest BCUT2D eigenvalue weighted by molar-refractivity contribution is 9.10. The van der Waals surface area contributed by atoms with E-state index in [0.29, 0.717) is 6.54 Å². The maximum Gasteiger partial charge on any atom is 0.0872 e. The Labute approximate surface area is 105 Å². The first-order chi connectivity index (χ1) is 7.70. The van der Waals surface area contributed by atoms with Crippen molar-refractivity contribution in [2.45, 2.75) is 13.0 Å². The summed E-state index contributed by atoms with van der Waals surface area (Å²) in [5.74, 6) is 0. The summed E-state index contributed by atoms with van der Waals surface area (Å²) in [7, 11) is 0. The molecule has 1 aliphatic rings. The van der Waals surface area contributed by atoms with Gasteiger partial charge < -0.3 is 15.4 Å². The SMILES string of the molecule is Cc1cc(N2CCOC(CN)C2)ccc1Br. The molecule has 1 saturated heterocycles. The predicted octanol–water partition coefficient (Wildman–Crippen LogP) is 1.92. The molecule has 4 heteroatoms. The van der Waals surface area contributed by atoms with Gasteiger partial charge in [0.15, 0.2) is 0 Å². The number of rotatable bonds is 2. The molecule has 1 aromatic carbocycles. The predicted molar refractivity (Wildman–Crippen MR) is 69.9 cm³/mol. The minimum atomic E-state index is 0.165. The van der Waals surface area contributed by atoms with Gasteiger partial charge in [-0.25, -0.2) is 0 Å². The van der Waals surface area contributed by atoms with Crippen molar-refractivity contribution in [3.63, 3.8) is 0 Å². The first-order valence-electron chi connectivity index (χ1n) is 5.53. The largest absolute Gasteiger partial charge is 0.373 e. The van der Waals surface area contributed by atoms with Gasteiger partial charge in [0.25, 0.3) is 0 Å². The fourth-order valence-electron chi connectivity index (χ4n) is 1.92. The summed E-state index contributed by atoms with van der Waals surface area (Å²) in [6.45, 7) is 5.28. The first-order valence-corrected chi connectivity index (χ1v) is 6.33. The molecule has 0 amide bonds. The number of aryl methyl sites for hydroxylation is 1. The number of halogens is 1. The van der Waals surface area contributed by atoms with E-state index in [9.17, 15) is 0 Å². The second-order valence-corrected chi connectivity index (χ2v) is 4.96. The van der Waals surface area contributed by atoms with Crippen LogP contribution >= 0.6 is 15.9 Å². The van der Waals surface area contributed by atoms with Crippen LogP contribution in [0.1, 0.15) is 5.56 Å². The van der Waals surface area contributed by atoms with Crippen molar-refractivity contribution < 1.29 is 4.74 Å². The van der Waals surface area contributed by atoms with E-state index in [4.69, 9.17) is 10.5 Å². The zero-order valence-corrected chi connectivity index (χ0v) is 11.0. The summed E-state index contributed by atoms with van der Waals surface area (Å²) in [5, 5.41) is 0. The maximum atomic E-state index is 5.64. The summed E-state index contributed by atoms with van der Waals surface area (Å²) in [4.78, 5) is 2.33. The van der Waals surface area contributed by atoms with E-state index in [-0.39, 0.29) is 6.10 Å². The van der Waals surface area contributed by atoms with Gasteiger partial charge >= 0.3 is 0 Å². The van der Waals surface area contributed by atoms with E-state index in [2.05, 4.69) is 46.0 Å².